The summed E-state index contributed by atoms with van der Waals surface area (Å²) in [7, 11) is 3.62. The predicted molar refractivity (Wildman–Crippen MR) is 125 cm³/mol. The second kappa shape index (κ2) is 8.85. The molecule has 0 atom stereocenters. The van der Waals surface area contributed by atoms with E-state index in [0.29, 0.717) is 11.0 Å². The monoisotopic (exact) mass is 482 g/mol. The van der Waals surface area contributed by atoms with Crippen LogP contribution in [0.2, 0.25) is 0 Å². The molecule has 2 aromatic carbocycles. The third kappa shape index (κ3) is 3.88. The van der Waals surface area contributed by atoms with E-state index in [4.69, 9.17) is 0 Å². The number of likely N-dealkylation sites (N-methyl/N-ethyl adjacent to an activating group) is 1. The first-order valence-electron chi connectivity index (χ1n) is 10.5. The normalized spacial score (nSPS) is 16.2. The first-order chi connectivity index (χ1) is 15.0. The number of aromatic nitrogens is 2. The Bertz CT molecular complexity index is 1110. The van der Waals surface area contributed by atoms with Crippen LogP contribution in [0.15, 0.2) is 69.9 Å². The standard InChI is InChI=1S/C24H27BrN4O2/c1-26-23(31)24(18-9-5-3-6-10-18)13-15-28(16-14-24)17-20-21(25)22(30)29(27(20)2)19-11-7-4-8-12-19/h3-12H,13-17H2,1-2H3,(H,26,31). The molecule has 1 aliphatic rings. The number of rotatable bonds is 5. The summed E-state index contributed by atoms with van der Waals surface area (Å²) in [4.78, 5) is 28.1. The summed E-state index contributed by atoms with van der Waals surface area (Å²) in [5.41, 5.74) is 2.26. The third-order valence-corrected chi connectivity index (χ3v) is 7.19. The van der Waals surface area contributed by atoms with Gasteiger partial charge in [-0.3, -0.25) is 19.2 Å². The Morgan fingerprint density at radius 1 is 1.03 bits per heavy atom. The number of carbonyl (C=O) groups excluding carboxylic acids is 1. The van der Waals surface area contributed by atoms with Crippen molar-refractivity contribution in [2.45, 2.75) is 24.8 Å². The molecule has 0 aliphatic carbocycles. The van der Waals surface area contributed by atoms with Gasteiger partial charge in [0.2, 0.25) is 5.91 Å². The molecular formula is C24H27BrN4O2. The molecule has 0 spiro atoms. The zero-order valence-corrected chi connectivity index (χ0v) is 19.4. The number of amides is 1. The summed E-state index contributed by atoms with van der Waals surface area (Å²) in [6.45, 7) is 2.20. The van der Waals surface area contributed by atoms with Crippen LogP contribution in [0.1, 0.15) is 24.1 Å². The van der Waals surface area contributed by atoms with Crippen molar-refractivity contribution < 1.29 is 4.79 Å². The smallest absolute Gasteiger partial charge is 0.286 e. The van der Waals surface area contributed by atoms with Crippen LogP contribution in [-0.2, 0) is 23.8 Å². The molecule has 2 heterocycles. The molecule has 1 N–H and O–H groups in total. The highest BCUT2D eigenvalue weighted by molar-refractivity contribution is 9.10. The molecule has 1 amide bonds. The zero-order chi connectivity index (χ0) is 22.0. The molecule has 1 fully saturated rings. The number of halogens is 1. The molecule has 7 heteroatoms. The SMILES string of the molecule is CNC(=O)C1(c2ccccc2)CCN(Cc2c(Br)c(=O)n(-c3ccccc3)n2C)CC1. The molecule has 1 aliphatic heterocycles. The summed E-state index contributed by atoms with van der Waals surface area (Å²) in [6.07, 6.45) is 1.48. The van der Waals surface area contributed by atoms with E-state index in [9.17, 15) is 9.59 Å². The number of para-hydroxylation sites is 1. The highest BCUT2D eigenvalue weighted by Gasteiger charge is 2.42. The van der Waals surface area contributed by atoms with E-state index in [0.717, 1.165) is 42.9 Å². The van der Waals surface area contributed by atoms with Crippen LogP contribution in [-0.4, -0.2) is 40.3 Å². The number of benzene rings is 2. The number of hydrogen-bond acceptors (Lipinski definition) is 3. The van der Waals surface area contributed by atoms with Gasteiger partial charge < -0.3 is 5.32 Å². The van der Waals surface area contributed by atoms with Crippen molar-refractivity contribution in [3.63, 3.8) is 0 Å². The van der Waals surface area contributed by atoms with Crippen LogP contribution >= 0.6 is 15.9 Å². The van der Waals surface area contributed by atoms with Gasteiger partial charge in [0.05, 0.1) is 16.8 Å². The first-order valence-corrected chi connectivity index (χ1v) is 11.3. The lowest BCUT2D eigenvalue weighted by molar-refractivity contribution is -0.128. The summed E-state index contributed by atoms with van der Waals surface area (Å²) in [6, 6.07) is 19.7. The summed E-state index contributed by atoms with van der Waals surface area (Å²) < 4.78 is 4.19. The van der Waals surface area contributed by atoms with Crippen molar-refractivity contribution >= 4 is 21.8 Å². The maximum Gasteiger partial charge on any atom is 0.286 e. The molecule has 0 saturated carbocycles. The lowest BCUT2D eigenvalue weighted by Crippen LogP contribution is -2.50. The van der Waals surface area contributed by atoms with Gasteiger partial charge in [0.1, 0.15) is 4.47 Å². The molecule has 3 aromatic rings. The number of likely N-dealkylation sites (tertiary alicyclic amines) is 1. The average molecular weight is 483 g/mol. The minimum Gasteiger partial charge on any atom is -0.358 e. The minimum absolute atomic E-state index is 0.0651. The van der Waals surface area contributed by atoms with Crippen LogP contribution in [0, 0.1) is 0 Å². The molecule has 0 radical (unpaired) electrons. The fourth-order valence-electron chi connectivity index (χ4n) is 4.59. The lowest BCUT2D eigenvalue weighted by Gasteiger charge is -2.40. The number of piperidine rings is 1. The van der Waals surface area contributed by atoms with Gasteiger partial charge in [0, 0.05) is 20.6 Å². The molecule has 0 bridgehead atoms. The van der Waals surface area contributed by atoms with Gasteiger partial charge in [-0.05, 0) is 59.6 Å². The van der Waals surface area contributed by atoms with Gasteiger partial charge >= 0.3 is 0 Å². The molecule has 1 aromatic heterocycles. The number of hydrogen-bond donors (Lipinski definition) is 1. The van der Waals surface area contributed by atoms with Crippen LogP contribution in [0.25, 0.3) is 5.69 Å². The molecule has 6 nitrogen and oxygen atoms in total. The van der Waals surface area contributed by atoms with Crippen LogP contribution in [0.5, 0.6) is 0 Å². The molecule has 0 unspecified atom stereocenters. The quantitative estimate of drug-likeness (QED) is 0.607. The molecule has 1 saturated heterocycles. The maximum atomic E-state index is 12.9. The maximum absolute atomic E-state index is 12.9. The number of nitrogens with zero attached hydrogens (tertiary/aromatic N) is 3. The first kappa shape index (κ1) is 21.6. The topological polar surface area (TPSA) is 59.3 Å². The molecule has 4 rings (SSSR count). The second-order valence-corrected chi connectivity index (χ2v) is 8.83. The van der Waals surface area contributed by atoms with E-state index in [2.05, 4.69) is 26.1 Å². The van der Waals surface area contributed by atoms with Crippen molar-refractivity contribution in [3.05, 3.63) is 86.7 Å². The Morgan fingerprint density at radius 2 is 1.61 bits per heavy atom. The summed E-state index contributed by atoms with van der Waals surface area (Å²) in [5, 5.41) is 2.87. The van der Waals surface area contributed by atoms with Gasteiger partial charge in [-0.1, -0.05) is 48.5 Å². The lowest BCUT2D eigenvalue weighted by atomic mass is 9.72. The van der Waals surface area contributed by atoms with E-state index < -0.39 is 5.41 Å². The number of carbonyl (C=O) groups is 1. The third-order valence-electron chi connectivity index (χ3n) is 6.40. The van der Waals surface area contributed by atoms with Gasteiger partial charge in [0.25, 0.3) is 5.56 Å². The Kier molecular flexibility index (Phi) is 6.16. The van der Waals surface area contributed by atoms with Gasteiger partial charge in [-0.25, -0.2) is 4.68 Å². The zero-order valence-electron chi connectivity index (χ0n) is 17.8. The van der Waals surface area contributed by atoms with E-state index in [1.54, 1.807) is 11.7 Å². The molecule has 31 heavy (non-hydrogen) atoms. The fourth-order valence-corrected chi connectivity index (χ4v) is 5.14. The summed E-state index contributed by atoms with van der Waals surface area (Å²) in [5.74, 6) is 0.0714. The van der Waals surface area contributed by atoms with Crippen molar-refractivity contribution in [2.75, 3.05) is 20.1 Å². The van der Waals surface area contributed by atoms with Crippen LogP contribution in [0.4, 0.5) is 0 Å². The molecular weight excluding hydrogens is 456 g/mol. The van der Waals surface area contributed by atoms with E-state index in [1.807, 2.05) is 72.4 Å². The summed E-state index contributed by atoms with van der Waals surface area (Å²) >= 11 is 3.52. The Morgan fingerprint density at radius 3 is 2.19 bits per heavy atom. The van der Waals surface area contributed by atoms with Gasteiger partial charge in [-0.2, -0.15) is 0 Å². The average Bonchev–Trinajstić information content (AvgIpc) is 3.03. The van der Waals surface area contributed by atoms with Crippen molar-refractivity contribution in [1.82, 2.24) is 19.6 Å². The fraction of sp³-hybridized carbons (Fsp3) is 0.333. The molecule has 162 valence electrons. The minimum atomic E-state index is -0.508. The highest BCUT2D eigenvalue weighted by atomic mass is 79.9. The van der Waals surface area contributed by atoms with E-state index >= 15 is 0 Å². The predicted octanol–water partition coefficient (Wildman–Crippen LogP) is 3.22. The van der Waals surface area contributed by atoms with Crippen LogP contribution in [0.3, 0.4) is 0 Å². The van der Waals surface area contributed by atoms with Crippen molar-refractivity contribution in [1.29, 1.82) is 0 Å². The highest BCUT2D eigenvalue weighted by Crippen LogP contribution is 2.36. The second-order valence-electron chi connectivity index (χ2n) is 8.04. The van der Waals surface area contributed by atoms with Gasteiger partial charge in [0.15, 0.2) is 0 Å². The largest absolute Gasteiger partial charge is 0.358 e. The van der Waals surface area contributed by atoms with Gasteiger partial charge in [-0.15, -0.1) is 0 Å². The van der Waals surface area contributed by atoms with Crippen LogP contribution < -0.4 is 10.9 Å². The van der Waals surface area contributed by atoms with Crippen molar-refractivity contribution in [3.8, 4) is 5.69 Å². The van der Waals surface area contributed by atoms with Crippen molar-refractivity contribution in [2.24, 2.45) is 7.05 Å². The van der Waals surface area contributed by atoms with E-state index in [-0.39, 0.29) is 11.5 Å². The Hall–Kier alpha value is -2.64. The Balaban J connectivity index is 1.57. The van der Waals surface area contributed by atoms with E-state index in [1.165, 1.54) is 0 Å². The Labute approximate surface area is 190 Å². The number of nitrogens with one attached hydrogen (secondary N) is 1.